The monoisotopic (exact) mass is 393 g/mol. The highest BCUT2D eigenvalue weighted by molar-refractivity contribution is 7.99. The molecule has 2 aromatic carbocycles. The van der Waals surface area contributed by atoms with Crippen molar-refractivity contribution in [3.8, 4) is 17.2 Å². The highest BCUT2D eigenvalue weighted by Gasteiger charge is 2.15. The molecular formula is C20H24FNO4S. The summed E-state index contributed by atoms with van der Waals surface area (Å²) in [7, 11) is 6.44. The number of thioether (sulfide) groups is 1. The number of hydrogen-bond donors (Lipinski definition) is 0. The Morgan fingerprint density at radius 3 is 2.44 bits per heavy atom. The lowest BCUT2D eigenvalue weighted by Gasteiger charge is -2.20. The molecule has 27 heavy (non-hydrogen) atoms. The molecule has 0 radical (unpaired) electrons. The van der Waals surface area contributed by atoms with Crippen molar-refractivity contribution in [2.24, 2.45) is 0 Å². The molecule has 0 fully saturated rings. The van der Waals surface area contributed by atoms with E-state index in [0.717, 1.165) is 11.1 Å². The Morgan fingerprint density at radius 2 is 1.78 bits per heavy atom. The Hall–Kier alpha value is -2.41. The highest BCUT2D eigenvalue weighted by atomic mass is 32.2. The zero-order chi connectivity index (χ0) is 19.8. The molecule has 0 aliphatic heterocycles. The fourth-order valence-corrected chi connectivity index (χ4v) is 3.58. The van der Waals surface area contributed by atoms with Gasteiger partial charge in [0.25, 0.3) is 0 Å². The molecule has 1 amide bonds. The van der Waals surface area contributed by atoms with Gasteiger partial charge in [0.2, 0.25) is 5.91 Å². The van der Waals surface area contributed by atoms with E-state index in [9.17, 15) is 9.18 Å². The van der Waals surface area contributed by atoms with Crippen molar-refractivity contribution in [1.82, 2.24) is 4.90 Å². The lowest BCUT2D eigenvalue weighted by molar-refractivity contribution is -0.127. The molecule has 0 aliphatic carbocycles. The summed E-state index contributed by atoms with van der Waals surface area (Å²) < 4.78 is 29.3. The molecule has 146 valence electrons. The summed E-state index contributed by atoms with van der Waals surface area (Å²) >= 11 is 1.42. The maximum atomic E-state index is 13.4. The number of halogens is 1. The topological polar surface area (TPSA) is 48.0 Å². The van der Waals surface area contributed by atoms with E-state index in [4.69, 9.17) is 14.2 Å². The third kappa shape index (κ3) is 5.53. The van der Waals surface area contributed by atoms with E-state index < -0.39 is 0 Å². The van der Waals surface area contributed by atoms with Crippen LogP contribution >= 0.6 is 11.8 Å². The average Bonchev–Trinajstić information content (AvgIpc) is 2.67. The van der Waals surface area contributed by atoms with Crippen molar-refractivity contribution >= 4 is 17.7 Å². The number of carbonyl (C=O) groups is 1. The van der Waals surface area contributed by atoms with Crippen LogP contribution in [0.15, 0.2) is 36.4 Å². The molecule has 2 aromatic rings. The SMILES string of the molecule is COc1ccc(F)cc1CSCC(=O)N(C)Cc1cccc(OC)c1OC. The van der Waals surface area contributed by atoms with Crippen LogP contribution in [0.3, 0.4) is 0 Å². The summed E-state index contributed by atoms with van der Waals surface area (Å²) in [6, 6.07) is 9.95. The van der Waals surface area contributed by atoms with Crippen LogP contribution in [0.5, 0.6) is 17.2 Å². The van der Waals surface area contributed by atoms with Crippen LogP contribution in [-0.2, 0) is 17.1 Å². The molecular weight excluding hydrogens is 369 g/mol. The predicted molar refractivity (Wildman–Crippen MR) is 105 cm³/mol. The van der Waals surface area contributed by atoms with Crippen LogP contribution in [0.2, 0.25) is 0 Å². The van der Waals surface area contributed by atoms with Gasteiger partial charge in [-0.3, -0.25) is 4.79 Å². The maximum absolute atomic E-state index is 13.4. The zero-order valence-electron chi connectivity index (χ0n) is 16.0. The first-order valence-corrected chi connectivity index (χ1v) is 9.49. The van der Waals surface area contributed by atoms with E-state index in [1.165, 1.54) is 23.9 Å². The lowest BCUT2D eigenvalue weighted by atomic mass is 10.1. The van der Waals surface area contributed by atoms with Gasteiger partial charge < -0.3 is 19.1 Å². The number of amides is 1. The molecule has 0 N–H and O–H groups in total. The van der Waals surface area contributed by atoms with E-state index >= 15 is 0 Å². The summed E-state index contributed by atoms with van der Waals surface area (Å²) in [5.41, 5.74) is 1.59. The average molecular weight is 393 g/mol. The Labute approximate surface area is 163 Å². The van der Waals surface area contributed by atoms with Gasteiger partial charge in [0.1, 0.15) is 11.6 Å². The van der Waals surface area contributed by atoms with Gasteiger partial charge in [0.05, 0.1) is 27.1 Å². The molecule has 0 heterocycles. The molecule has 5 nitrogen and oxygen atoms in total. The van der Waals surface area contributed by atoms with Gasteiger partial charge in [-0.2, -0.15) is 0 Å². The molecule has 0 saturated carbocycles. The second-order valence-electron chi connectivity index (χ2n) is 5.85. The van der Waals surface area contributed by atoms with Crippen molar-refractivity contribution in [3.63, 3.8) is 0 Å². The Kier molecular flexibility index (Phi) is 7.79. The molecule has 0 aliphatic rings. The molecule has 2 rings (SSSR count). The summed E-state index contributed by atoms with van der Waals surface area (Å²) in [5.74, 6) is 2.29. The van der Waals surface area contributed by atoms with Crippen molar-refractivity contribution in [2.45, 2.75) is 12.3 Å². The first-order valence-electron chi connectivity index (χ1n) is 8.34. The van der Waals surface area contributed by atoms with Gasteiger partial charge >= 0.3 is 0 Å². The van der Waals surface area contributed by atoms with E-state index in [-0.39, 0.29) is 17.5 Å². The first-order chi connectivity index (χ1) is 13.0. The van der Waals surface area contributed by atoms with Crippen LogP contribution in [0, 0.1) is 5.82 Å². The first kappa shape index (κ1) is 20.9. The fourth-order valence-electron chi connectivity index (χ4n) is 2.64. The lowest BCUT2D eigenvalue weighted by Crippen LogP contribution is -2.28. The summed E-state index contributed by atoms with van der Waals surface area (Å²) in [4.78, 5) is 14.1. The van der Waals surface area contributed by atoms with Crippen molar-refractivity contribution in [2.75, 3.05) is 34.1 Å². The van der Waals surface area contributed by atoms with Crippen LogP contribution in [0.1, 0.15) is 11.1 Å². The van der Waals surface area contributed by atoms with Gasteiger partial charge in [-0.15, -0.1) is 11.8 Å². The molecule has 0 aromatic heterocycles. The van der Waals surface area contributed by atoms with E-state index in [1.807, 2.05) is 18.2 Å². The summed E-state index contributed by atoms with van der Waals surface area (Å²) in [6.07, 6.45) is 0. The molecule has 0 saturated heterocycles. The molecule has 0 unspecified atom stereocenters. The molecule has 0 spiro atoms. The number of para-hydroxylation sites is 1. The van der Waals surface area contributed by atoms with Gasteiger partial charge in [-0.25, -0.2) is 4.39 Å². The molecule has 0 atom stereocenters. The Bertz CT molecular complexity index is 785. The predicted octanol–water partition coefficient (Wildman–Crippen LogP) is 3.74. The minimum absolute atomic E-state index is 0.0276. The number of rotatable bonds is 9. The third-order valence-electron chi connectivity index (χ3n) is 4.04. The standard InChI is InChI=1S/C20H24FNO4S/c1-22(11-14-6-5-7-18(25-3)20(14)26-4)19(23)13-27-12-15-10-16(21)8-9-17(15)24-2/h5-10H,11-13H2,1-4H3. The van der Waals surface area contributed by atoms with Crippen LogP contribution in [0.25, 0.3) is 0 Å². The smallest absolute Gasteiger partial charge is 0.232 e. The molecule has 7 heteroatoms. The van der Waals surface area contributed by atoms with Crippen molar-refractivity contribution < 1.29 is 23.4 Å². The molecule has 0 bridgehead atoms. The van der Waals surface area contributed by atoms with Gasteiger partial charge in [0, 0.05) is 30.5 Å². The highest BCUT2D eigenvalue weighted by Crippen LogP contribution is 2.31. The number of hydrogen-bond acceptors (Lipinski definition) is 5. The van der Waals surface area contributed by atoms with Gasteiger partial charge in [-0.05, 0) is 24.3 Å². The van der Waals surface area contributed by atoms with E-state index in [1.54, 1.807) is 39.3 Å². The maximum Gasteiger partial charge on any atom is 0.232 e. The zero-order valence-corrected chi connectivity index (χ0v) is 16.8. The number of benzene rings is 2. The normalized spacial score (nSPS) is 10.4. The fraction of sp³-hybridized carbons (Fsp3) is 0.350. The minimum Gasteiger partial charge on any atom is -0.496 e. The van der Waals surface area contributed by atoms with Crippen LogP contribution < -0.4 is 14.2 Å². The van der Waals surface area contributed by atoms with Crippen molar-refractivity contribution in [3.05, 3.63) is 53.3 Å². The number of methoxy groups -OCH3 is 3. The van der Waals surface area contributed by atoms with Gasteiger partial charge in [-0.1, -0.05) is 12.1 Å². The Morgan fingerprint density at radius 1 is 1.04 bits per heavy atom. The number of ether oxygens (including phenoxy) is 3. The number of carbonyl (C=O) groups excluding carboxylic acids is 1. The number of nitrogens with zero attached hydrogens (tertiary/aromatic N) is 1. The minimum atomic E-state index is -0.319. The largest absolute Gasteiger partial charge is 0.496 e. The van der Waals surface area contributed by atoms with Gasteiger partial charge in [0.15, 0.2) is 11.5 Å². The quantitative estimate of drug-likeness (QED) is 0.650. The second-order valence-corrected chi connectivity index (χ2v) is 6.84. The van der Waals surface area contributed by atoms with Crippen molar-refractivity contribution in [1.29, 1.82) is 0 Å². The Balaban J connectivity index is 1.94. The summed E-state index contributed by atoms with van der Waals surface area (Å²) in [5, 5.41) is 0. The van der Waals surface area contributed by atoms with E-state index in [0.29, 0.717) is 29.5 Å². The van der Waals surface area contributed by atoms with Crippen LogP contribution in [0.4, 0.5) is 4.39 Å². The third-order valence-corrected chi connectivity index (χ3v) is 5.01. The second kappa shape index (κ2) is 10.1. The summed E-state index contributed by atoms with van der Waals surface area (Å²) in [6.45, 7) is 0.406. The van der Waals surface area contributed by atoms with E-state index in [2.05, 4.69) is 0 Å². The van der Waals surface area contributed by atoms with Crippen LogP contribution in [-0.4, -0.2) is 44.9 Å².